The Kier molecular flexibility index (Phi) is 5.48. The van der Waals surface area contributed by atoms with Crippen LogP contribution in [0.25, 0.3) is 11.3 Å². The number of aryl methyl sites for hydroxylation is 2. The number of rotatable bonds is 6. The maximum absolute atomic E-state index is 12.6. The van der Waals surface area contributed by atoms with Crippen LogP contribution in [-0.2, 0) is 29.2 Å². The zero-order valence-corrected chi connectivity index (χ0v) is 17.0. The molecule has 1 N–H and O–H groups in total. The summed E-state index contributed by atoms with van der Waals surface area (Å²) >= 11 is 1.57. The highest BCUT2D eigenvalue weighted by Gasteiger charge is 2.14. The molecule has 0 saturated heterocycles. The van der Waals surface area contributed by atoms with Crippen LogP contribution >= 0.6 is 11.3 Å². The van der Waals surface area contributed by atoms with Crippen LogP contribution in [0.15, 0.2) is 41.9 Å². The van der Waals surface area contributed by atoms with Crippen molar-refractivity contribution in [3.8, 4) is 11.3 Å². The molecule has 1 amide bonds. The van der Waals surface area contributed by atoms with E-state index in [1.54, 1.807) is 34.1 Å². The van der Waals surface area contributed by atoms with Gasteiger partial charge in [-0.3, -0.25) is 4.79 Å². The van der Waals surface area contributed by atoms with Crippen LogP contribution in [0.3, 0.4) is 0 Å². The summed E-state index contributed by atoms with van der Waals surface area (Å²) in [5, 5.41) is 5.84. The van der Waals surface area contributed by atoms with Crippen LogP contribution in [-0.4, -0.2) is 30.1 Å². The monoisotopic (exact) mass is 403 g/mol. The van der Waals surface area contributed by atoms with Gasteiger partial charge in [-0.05, 0) is 24.1 Å². The van der Waals surface area contributed by atoms with Crippen LogP contribution < -0.4 is 5.32 Å². The molecule has 27 heavy (non-hydrogen) atoms. The Hall–Kier alpha value is -2.45. The van der Waals surface area contributed by atoms with Crippen LogP contribution in [0.2, 0.25) is 0 Å². The molecular weight excluding hydrogens is 382 g/mol. The lowest BCUT2D eigenvalue weighted by molar-refractivity contribution is 0.0943. The van der Waals surface area contributed by atoms with Crippen LogP contribution in [0, 0.1) is 6.92 Å². The van der Waals surface area contributed by atoms with Gasteiger partial charge in [0.2, 0.25) is 0 Å². The molecular formula is C19H21N3O3S2. The maximum Gasteiger partial charge on any atom is 0.268 e. The smallest absolute Gasteiger partial charge is 0.268 e. The summed E-state index contributed by atoms with van der Waals surface area (Å²) in [6.07, 6.45) is 3.09. The number of nitrogens with one attached hydrogen (secondary N) is 1. The van der Waals surface area contributed by atoms with E-state index in [9.17, 15) is 13.2 Å². The number of sulfone groups is 1. The molecule has 1 aromatic carbocycles. The number of amides is 1. The van der Waals surface area contributed by atoms with Gasteiger partial charge < -0.3 is 9.88 Å². The van der Waals surface area contributed by atoms with E-state index in [2.05, 4.69) is 10.3 Å². The lowest BCUT2D eigenvalue weighted by Crippen LogP contribution is -2.24. The van der Waals surface area contributed by atoms with Crippen molar-refractivity contribution in [1.29, 1.82) is 0 Å². The Morgan fingerprint density at radius 1 is 1.26 bits per heavy atom. The molecule has 0 atom stereocenters. The Balaban J connectivity index is 1.70. The van der Waals surface area contributed by atoms with Crippen molar-refractivity contribution in [1.82, 2.24) is 14.9 Å². The molecule has 0 bridgehead atoms. The largest absolute Gasteiger partial charge is 0.347 e. The van der Waals surface area contributed by atoms with Gasteiger partial charge in [-0.15, -0.1) is 11.3 Å². The molecule has 0 aliphatic heterocycles. The molecule has 0 aliphatic rings. The Bertz CT molecular complexity index is 1080. The normalized spacial score (nSPS) is 11.5. The van der Waals surface area contributed by atoms with Crippen molar-refractivity contribution in [2.45, 2.75) is 19.2 Å². The second-order valence-corrected chi connectivity index (χ2v) is 9.75. The van der Waals surface area contributed by atoms with Crippen LogP contribution in [0.1, 0.15) is 26.6 Å². The van der Waals surface area contributed by atoms with Gasteiger partial charge in [0.1, 0.15) is 5.69 Å². The summed E-state index contributed by atoms with van der Waals surface area (Å²) in [5.74, 6) is -0.201. The Morgan fingerprint density at radius 2 is 2.00 bits per heavy atom. The third-order valence-corrected chi connectivity index (χ3v) is 5.66. The summed E-state index contributed by atoms with van der Waals surface area (Å²) in [4.78, 5) is 17.0. The minimum absolute atomic E-state index is 0.0109. The number of thiazole rings is 1. The zero-order valence-electron chi connectivity index (χ0n) is 15.4. The Labute approximate surface area is 162 Å². The molecule has 0 fully saturated rings. The van der Waals surface area contributed by atoms with E-state index in [-0.39, 0.29) is 11.7 Å². The average molecular weight is 404 g/mol. The summed E-state index contributed by atoms with van der Waals surface area (Å²) in [7, 11) is -1.27. The van der Waals surface area contributed by atoms with Gasteiger partial charge in [-0.25, -0.2) is 13.4 Å². The number of hydrogen-bond acceptors (Lipinski definition) is 5. The molecule has 0 unspecified atom stereocenters. The number of carbonyl (C=O) groups is 1. The molecule has 2 heterocycles. The number of carbonyl (C=O) groups excluding carboxylic acids is 1. The third-order valence-electron chi connectivity index (χ3n) is 4.03. The van der Waals surface area contributed by atoms with Gasteiger partial charge in [0.25, 0.3) is 5.91 Å². The number of nitrogens with zero attached hydrogens (tertiary/aromatic N) is 2. The standard InChI is InChI=1S/C19H21N3O3S2/c1-13-21-17(11-26-13)16-8-18(22(2)10-16)19(23)20-9-14-5-4-6-15(7-14)12-27(3,24)25/h4-8,10-11H,9,12H2,1-3H3,(H,20,23). The summed E-state index contributed by atoms with van der Waals surface area (Å²) in [6.45, 7) is 2.27. The fraction of sp³-hybridized carbons (Fsp3) is 0.263. The molecule has 0 saturated carbocycles. The molecule has 8 heteroatoms. The van der Waals surface area contributed by atoms with Gasteiger partial charge in [-0.2, -0.15) is 0 Å². The lowest BCUT2D eigenvalue weighted by atomic mass is 10.1. The molecule has 0 aliphatic carbocycles. The van der Waals surface area contributed by atoms with Crippen molar-refractivity contribution >= 4 is 27.1 Å². The quantitative estimate of drug-likeness (QED) is 0.686. The van der Waals surface area contributed by atoms with Crippen molar-refractivity contribution in [2.75, 3.05) is 6.26 Å². The minimum Gasteiger partial charge on any atom is -0.347 e. The average Bonchev–Trinajstić information content (AvgIpc) is 3.17. The van der Waals surface area contributed by atoms with Crippen LogP contribution in [0.5, 0.6) is 0 Å². The van der Waals surface area contributed by atoms with E-state index in [0.29, 0.717) is 17.8 Å². The molecule has 2 aromatic heterocycles. The number of hydrogen-bond donors (Lipinski definition) is 1. The zero-order chi connectivity index (χ0) is 19.6. The third kappa shape index (κ3) is 5.05. The van der Waals surface area contributed by atoms with E-state index >= 15 is 0 Å². The highest BCUT2D eigenvalue weighted by atomic mass is 32.2. The van der Waals surface area contributed by atoms with Crippen LogP contribution in [0.4, 0.5) is 0 Å². The molecule has 3 aromatic rings. The molecule has 0 spiro atoms. The van der Waals surface area contributed by atoms with Crippen molar-refractivity contribution in [3.05, 3.63) is 63.7 Å². The van der Waals surface area contributed by atoms with E-state index in [1.165, 1.54) is 6.26 Å². The summed E-state index contributed by atoms with van der Waals surface area (Å²) in [6, 6.07) is 9.05. The predicted molar refractivity (Wildman–Crippen MR) is 107 cm³/mol. The second kappa shape index (κ2) is 7.66. The number of aromatic nitrogens is 2. The number of benzene rings is 1. The predicted octanol–water partition coefficient (Wildman–Crippen LogP) is 2.93. The first kappa shape index (κ1) is 19.3. The molecule has 6 nitrogen and oxygen atoms in total. The Morgan fingerprint density at radius 3 is 2.67 bits per heavy atom. The second-order valence-electron chi connectivity index (χ2n) is 6.55. The van der Waals surface area contributed by atoms with Crippen molar-refractivity contribution < 1.29 is 13.2 Å². The summed E-state index contributed by atoms with van der Waals surface area (Å²) in [5.41, 5.74) is 3.88. The summed E-state index contributed by atoms with van der Waals surface area (Å²) < 4.78 is 24.7. The van der Waals surface area contributed by atoms with E-state index in [4.69, 9.17) is 0 Å². The fourth-order valence-electron chi connectivity index (χ4n) is 2.83. The van der Waals surface area contributed by atoms with E-state index < -0.39 is 9.84 Å². The molecule has 3 rings (SSSR count). The van der Waals surface area contributed by atoms with Gasteiger partial charge >= 0.3 is 0 Å². The SMILES string of the molecule is Cc1nc(-c2cc(C(=O)NCc3cccc(CS(C)(=O)=O)c3)n(C)c2)cs1. The molecule has 0 radical (unpaired) electrons. The highest BCUT2D eigenvalue weighted by Crippen LogP contribution is 2.23. The molecule has 142 valence electrons. The maximum atomic E-state index is 12.6. The lowest BCUT2D eigenvalue weighted by Gasteiger charge is -2.08. The highest BCUT2D eigenvalue weighted by molar-refractivity contribution is 7.89. The topological polar surface area (TPSA) is 81.1 Å². The first-order valence-corrected chi connectivity index (χ1v) is 11.3. The minimum atomic E-state index is -3.09. The fourth-order valence-corrected chi connectivity index (χ4v) is 4.24. The van der Waals surface area contributed by atoms with Gasteiger partial charge in [0.05, 0.1) is 16.5 Å². The first-order chi connectivity index (χ1) is 12.7. The first-order valence-electron chi connectivity index (χ1n) is 8.34. The van der Waals surface area contributed by atoms with Crippen molar-refractivity contribution in [3.63, 3.8) is 0 Å². The van der Waals surface area contributed by atoms with E-state index in [0.717, 1.165) is 21.8 Å². The van der Waals surface area contributed by atoms with Gasteiger partial charge in [-0.1, -0.05) is 24.3 Å². The van der Waals surface area contributed by atoms with Gasteiger partial charge in [0.15, 0.2) is 9.84 Å². The van der Waals surface area contributed by atoms with Crippen molar-refractivity contribution in [2.24, 2.45) is 7.05 Å². The van der Waals surface area contributed by atoms with Gasteiger partial charge in [0, 0.05) is 37.0 Å². The van der Waals surface area contributed by atoms with E-state index in [1.807, 2.05) is 37.7 Å².